The summed E-state index contributed by atoms with van der Waals surface area (Å²) in [4.78, 5) is 11.9. The van der Waals surface area contributed by atoms with Crippen molar-refractivity contribution in [2.24, 2.45) is 0 Å². The summed E-state index contributed by atoms with van der Waals surface area (Å²) in [7, 11) is 0. The van der Waals surface area contributed by atoms with Crippen LogP contribution in [-0.2, 0) is 4.79 Å². The van der Waals surface area contributed by atoms with Gasteiger partial charge in [0.15, 0.2) is 0 Å². The quantitative estimate of drug-likeness (QED) is 0.843. The van der Waals surface area contributed by atoms with Gasteiger partial charge in [-0.15, -0.1) is 10.2 Å². The molecule has 0 spiro atoms. The van der Waals surface area contributed by atoms with Crippen LogP contribution in [-0.4, -0.2) is 16.1 Å². The fourth-order valence-electron chi connectivity index (χ4n) is 1.25. The van der Waals surface area contributed by atoms with Gasteiger partial charge in [0.2, 0.25) is 11.0 Å². The van der Waals surface area contributed by atoms with Crippen LogP contribution in [0.1, 0.15) is 11.9 Å². The first-order valence-corrected chi connectivity index (χ1v) is 6.87. The minimum atomic E-state index is -0.0714. The van der Waals surface area contributed by atoms with Crippen LogP contribution in [0.5, 0.6) is 0 Å². The number of rotatable bonds is 4. The molecule has 94 valence electrons. The van der Waals surface area contributed by atoms with Gasteiger partial charge >= 0.3 is 0 Å². The van der Waals surface area contributed by atoms with E-state index in [0.717, 1.165) is 20.7 Å². The Morgan fingerprint density at radius 3 is 2.56 bits per heavy atom. The lowest BCUT2D eigenvalue weighted by atomic mass is 10.3. The van der Waals surface area contributed by atoms with Gasteiger partial charge in [-0.3, -0.25) is 4.79 Å². The topological polar surface area (TPSA) is 66.9 Å². The summed E-state index contributed by atoms with van der Waals surface area (Å²) < 4.78 is 3.12. The molecule has 1 aromatic carbocycles. The van der Waals surface area contributed by atoms with Gasteiger partial charge in [-0.2, -0.15) is 0 Å². The third kappa shape index (κ3) is 3.71. The summed E-state index contributed by atoms with van der Waals surface area (Å²) in [5.41, 5.74) is 0.790. The highest BCUT2D eigenvalue weighted by atomic mass is 32.2. The summed E-state index contributed by atoms with van der Waals surface area (Å²) in [5, 5.41) is 12.3. The first-order chi connectivity index (χ1) is 8.63. The minimum absolute atomic E-state index is 0.0714. The molecule has 0 unspecified atom stereocenters. The molecule has 7 heteroatoms. The van der Waals surface area contributed by atoms with Gasteiger partial charge < -0.3 is 10.0 Å². The maximum absolute atomic E-state index is 10.9. The number of aryl methyl sites for hydroxylation is 1. The highest BCUT2D eigenvalue weighted by Gasteiger charge is 2.01. The van der Waals surface area contributed by atoms with Gasteiger partial charge in [-0.05, 0) is 43.1 Å². The summed E-state index contributed by atoms with van der Waals surface area (Å²) >= 11 is 2.97. The maximum atomic E-state index is 10.9. The van der Waals surface area contributed by atoms with Gasteiger partial charge in [0, 0.05) is 17.5 Å². The molecule has 0 fully saturated rings. The minimum Gasteiger partial charge on any atom is -0.326 e. The SMILES string of the molecule is CC(=O)Nc1ccc(SNc2nnc(C)s2)cc1. The molecule has 0 bridgehead atoms. The van der Waals surface area contributed by atoms with Crippen molar-refractivity contribution in [3.8, 4) is 0 Å². The molecule has 2 aromatic rings. The van der Waals surface area contributed by atoms with Crippen LogP contribution >= 0.6 is 23.3 Å². The largest absolute Gasteiger partial charge is 0.326 e. The van der Waals surface area contributed by atoms with Gasteiger partial charge in [0.25, 0.3) is 0 Å². The molecule has 0 saturated carbocycles. The predicted octanol–water partition coefficient (Wildman–Crippen LogP) is 2.92. The van der Waals surface area contributed by atoms with Gasteiger partial charge in [0.05, 0.1) is 0 Å². The number of nitrogens with zero attached hydrogens (tertiary/aromatic N) is 2. The van der Waals surface area contributed by atoms with Crippen LogP contribution in [0.4, 0.5) is 10.8 Å². The van der Waals surface area contributed by atoms with E-state index >= 15 is 0 Å². The second-order valence-electron chi connectivity index (χ2n) is 3.54. The molecule has 0 aliphatic carbocycles. The number of anilines is 2. The van der Waals surface area contributed by atoms with Crippen LogP contribution in [0.3, 0.4) is 0 Å². The zero-order valence-corrected chi connectivity index (χ0v) is 11.6. The van der Waals surface area contributed by atoms with Gasteiger partial charge in [0.1, 0.15) is 5.01 Å². The molecule has 1 heterocycles. The van der Waals surface area contributed by atoms with Crippen molar-refractivity contribution in [3.05, 3.63) is 29.3 Å². The Balaban J connectivity index is 1.92. The van der Waals surface area contributed by atoms with Crippen molar-refractivity contribution in [2.45, 2.75) is 18.7 Å². The summed E-state index contributed by atoms with van der Waals surface area (Å²) in [6.07, 6.45) is 0. The van der Waals surface area contributed by atoms with E-state index in [1.165, 1.54) is 30.2 Å². The average molecular weight is 280 g/mol. The molecule has 1 aromatic heterocycles. The number of benzene rings is 1. The number of aromatic nitrogens is 2. The molecule has 0 aliphatic heterocycles. The number of carbonyl (C=O) groups is 1. The third-order valence-corrected chi connectivity index (χ3v) is 3.64. The monoisotopic (exact) mass is 280 g/mol. The van der Waals surface area contributed by atoms with E-state index in [9.17, 15) is 4.79 Å². The molecule has 0 radical (unpaired) electrons. The molecule has 0 aliphatic rings. The summed E-state index contributed by atoms with van der Waals surface area (Å²) in [6, 6.07) is 7.57. The number of nitrogens with one attached hydrogen (secondary N) is 2. The van der Waals surface area contributed by atoms with E-state index in [0.29, 0.717) is 0 Å². The Morgan fingerprint density at radius 1 is 1.28 bits per heavy atom. The van der Waals surface area contributed by atoms with Crippen molar-refractivity contribution in [1.82, 2.24) is 10.2 Å². The normalized spacial score (nSPS) is 10.1. The third-order valence-electron chi connectivity index (χ3n) is 1.96. The van der Waals surface area contributed by atoms with Crippen LogP contribution < -0.4 is 10.0 Å². The average Bonchev–Trinajstić information content (AvgIpc) is 2.74. The first-order valence-electron chi connectivity index (χ1n) is 5.24. The second-order valence-corrected chi connectivity index (χ2v) is 5.60. The lowest BCUT2D eigenvalue weighted by molar-refractivity contribution is -0.114. The zero-order chi connectivity index (χ0) is 13.0. The molecule has 0 saturated heterocycles. The van der Waals surface area contributed by atoms with Gasteiger partial charge in [-0.1, -0.05) is 11.3 Å². The Hall–Kier alpha value is -1.60. The van der Waals surface area contributed by atoms with E-state index in [4.69, 9.17) is 0 Å². The molecular weight excluding hydrogens is 268 g/mol. The lowest BCUT2D eigenvalue weighted by Gasteiger charge is -2.04. The second kappa shape index (κ2) is 5.83. The predicted molar refractivity (Wildman–Crippen MR) is 74.9 cm³/mol. The Morgan fingerprint density at radius 2 is 2.00 bits per heavy atom. The van der Waals surface area contributed by atoms with E-state index in [-0.39, 0.29) is 5.91 Å². The first kappa shape index (κ1) is 12.8. The maximum Gasteiger partial charge on any atom is 0.221 e. The van der Waals surface area contributed by atoms with Crippen molar-refractivity contribution < 1.29 is 4.79 Å². The molecule has 2 rings (SSSR count). The van der Waals surface area contributed by atoms with E-state index in [1.54, 1.807) is 0 Å². The number of hydrogen-bond donors (Lipinski definition) is 2. The molecule has 5 nitrogen and oxygen atoms in total. The standard InChI is InChI=1S/C11H12N4OS2/c1-7(16)12-9-3-5-10(6-4-9)18-15-11-14-13-8(2)17-11/h3-6H,1-2H3,(H,12,16)(H,14,15). The number of amides is 1. The molecular formula is C11H12N4OS2. The van der Waals surface area contributed by atoms with E-state index < -0.39 is 0 Å². The van der Waals surface area contributed by atoms with Crippen LogP contribution in [0.25, 0.3) is 0 Å². The molecule has 1 amide bonds. The summed E-state index contributed by atoms with van der Waals surface area (Å²) in [6.45, 7) is 3.40. The fraction of sp³-hybridized carbons (Fsp3) is 0.182. The zero-order valence-electron chi connectivity index (χ0n) is 9.93. The number of carbonyl (C=O) groups excluding carboxylic acids is 1. The van der Waals surface area contributed by atoms with Crippen molar-refractivity contribution in [3.63, 3.8) is 0 Å². The number of hydrogen-bond acceptors (Lipinski definition) is 6. The van der Waals surface area contributed by atoms with Crippen molar-refractivity contribution >= 4 is 40.0 Å². The Bertz CT molecular complexity index is 538. The molecule has 0 atom stereocenters. The smallest absolute Gasteiger partial charge is 0.221 e. The highest BCUT2D eigenvalue weighted by molar-refractivity contribution is 8.00. The Kier molecular flexibility index (Phi) is 4.16. The highest BCUT2D eigenvalue weighted by Crippen LogP contribution is 2.24. The van der Waals surface area contributed by atoms with Gasteiger partial charge in [-0.25, -0.2) is 0 Å². The van der Waals surface area contributed by atoms with Crippen LogP contribution in [0.2, 0.25) is 0 Å². The molecule has 18 heavy (non-hydrogen) atoms. The van der Waals surface area contributed by atoms with Crippen LogP contribution in [0.15, 0.2) is 29.2 Å². The van der Waals surface area contributed by atoms with E-state index in [2.05, 4.69) is 20.2 Å². The fourth-order valence-corrected chi connectivity index (χ4v) is 2.50. The lowest BCUT2D eigenvalue weighted by Crippen LogP contribution is -2.05. The van der Waals surface area contributed by atoms with Crippen molar-refractivity contribution in [2.75, 3.05) is 10.0 Å². The van der Waals surface area contributed by atoms with Crippen LogP contribution in [0, 0.1) is 6.92 Å². The summed E-state index contributed by atoms with van der Waals surface area (Å²) in [5.74, 6) is -0.0714. The van der Waals surface area contributed by atoms with Crippen molar-refractivity contribution in [1.29, 1.82) is 0 Å². The Labute approximate surface area is 113 Å². The van der Waals surface area contributed by atoms with E-state index in [1.807, 2.05) is 31.2 Å². The molecule has 2 N–H and O–H groups in total.